The van der Waals surface area contributed by atoms with Gasteiger partial charge in [-0.05, 0) is 59.7 Å². The van der Waals surface area contributed by atoms with Crippen molar-refractivity contribution >= 4 is 11.6 Å². The van der Waals surface area contributed by atoms with Crippen LogP contribution in [0.4, 0.5) is 5.69 Å². The van der Waals surface area contributed by atoms with E-state index in [0.29, 0.717) is 11.8 Å². The van der Waals surface area contributed by atoms with Crippen molar-refractivity contribution in [3.8, 4) is 5.75 Å². The second-order valence-electron chi connectivity index (χ2n) is 6.79. The molecule has 3 nitrogen and oxygen atoms in total. The smallest absolute Gasteiger partial charge is 0.262 e. The largest absolute Gasteiger partial charge is 0.484 e. The molecule has 0 aromatic heterocycles. The van der Waals surface area contributed by atoms with Crippen LogP contribution in [0.15, 0.2) is 42.5 Å². The molecule has 0 aliphatic heterocycles. The number of amides is 1. The van der Waals surface area contributed by atoms with Crippen LogP contribution < -0.4 is 10.1 Å². The van der Waals surface area contributed by atoms with Crippen LogP contribution >= 0.6 is 0 Å². The van der Waals surface area contributed by atoms with Crippen molar-refractivity contribution in [2.24, 2.45) is 0 Å². The zero-order chi connectivity index (χ0) is 17.7. The van der Waals surface area contributed by atoms with Gasteiger partial charge in [-0.25, -0.2) is 0 Å². The van der Waals surface area contributed by atoms with Gasteiger partial charge in [0.25, 0.3) is 5.91 Å². The Hall–Kier alpha value is -2.29. The lowest BCUT2D eigenvalue weighted by Crippen LogP contribution is -2.20. The number of ether oxygens (including phenoxy) is 1. The number of nitrogens with one attached hydrogen (secondary N) is 1. The molecule has 2 rings (SSSR count). The lowest BCUT2D eigenvalue weighted by atomic mass is 9.98. The van der Waals surface area contributed by atoms with E-state index in [-0.39, 0.29) is 12.5 Å². The fourth-order valence-corrected chi connectivity index (χ4v) is 2.68. The van der Waals surface area contributed by atoms with Crippen molar-refractivity contribution < 1.29 is 9.53 Å². The fourth-order valence-electron chi connectivity index (χ4n) is 2.68. The summed E-state index contributed by atoms with van der Waals surface area (Å²) in [6.07, 6.45) is 0. The van der Waals surface area contributed by atoms with Crippen LogP contribution in [0.5, 0.6) is 5.75 Å². The van der Waals surface area contributed by atoms with Crippen molar-refractivity contribution in [3.63, 3.8) is 0 Å². The lowest BCUT2D eigenvalue weighted by Gasteiger charge is -2.13. The molecule has 128 valence electrons. The van der Waals surface area contributed by atoms with Crippen molar-refractivity contribution in [2.75, 3.05) is 11.9 Å². The number of aryl methyl sites for hydroxylation is 1. The number of carbonyl (C=O) groups excluding carboxylic acids is 1. The minimum atomic E-state index is -0.155. The zero-order valence-electron chi connectivity index (χ0n) is 15.2. The van der Waals surface area contributed by atoms with Crippen molar-refractivity contribution in [1.29, 1.82) is 0 Å². The monoisotopic (exact) mass is 325 g/mol. The standard InChI is InChI=1S/C21H27NO2/c1-14(2)17-6-8-18(9-7-17)22-21(23)13-24-19-10-11-20(15(3)4)16(5)12-19/h6-12,14-15H,13H2,1-5H3,(H,22,23). The number of rotatable bonds is 6. The molecule has 2 aromatic rings. The van der Waals surface area contributed by atoms with E-state index in [0.717, 1.165) is 11.4 Å². The van der Waals surface area contributed by atoms with Crippen LogP contribution in [0, 0.1) is 6.92 Å². The van der Waals surface area contributed by atoms with Crippen molar-refractivity contribution in [3.05, 3.63) is 59.2 Å². The number of benzene rings is 2. The molecule has 1 amide bonds. The summed E-state index contributed by atoms with van der Waals surface area (Å²) in [5.41, 5.74) is 4.54. The maximum atomic E-state index is 12.0. The average Bonchev–Trinajstić information content (AvgIpc) is 2.53. The molecule has 0 spiro atoms. The van der Waals surface area contributed by atoms with E-state index >= 15 is 0 Å². The van der Waals surface area contributed by atoms with Gasteiger partial charge in [0.05, 0.1) is 0 Å². The highest BCUT2D eigenvalue weighted by atomic mass is 16.5. The van der Waals surface area contributed by atoms with E-state index in [9.17, 15) is 4.79 Å². The summed E-state index contributed by atoms with van der Waals surface area (Å²) in [6, 6.07) is 13.9. The summed E-state index contributed by atoms with van der Waals surface area (Å²) < 4.78 is 5.61. The predicted molar refractivity (Wildman–Crippen MR) is 99.9 cm³/mol. The van der Waals surface area contributed by atoms with E-state index in [1.165, 1.54) is 16.7 Å². The van der Waals surface area contributed by atoms with Crippen LogP contribution in [-0.2, 0) is 4.79 Å². The molecule has 1 N–H and O–H groups in total. The molecule has 0 bridgehead atoms. The summed E-state index contributed by atoms with van der Waals surface area (Å²) in [4.78, 5) is 12.0. The van der Waals surface area contributed by atoms with Gasteiger partial charge in [-0.3, -0.25) is 4.79 Å². The Balaban J connectivity index is 1.90. The van der Waals surface area contributed by atoms with Gasteiger partial charge in [-0.1, -0.05) is 45.9 Å². The first-order valence-electron chi connectivity index (χ1n) is 8.50. The molecular weight excluding hydrogens is 298 g/mol. The molecule has 3 heteroatoms. The highest BCUT2D eigenvalue weighted by Gasteiger charge is 2.07. The molecular formula is C21H27NO2. The van der Waals surface area contributed by atoms with Crippen LogP contribution in [0.1, 0.15) is 56.2 Å². The molecule has 0 unspecified atom stereocenters. The van der Waals surface area contributed by atoms with Crippen LogP contribution in [0.25, 0.3) is 0 Å². The second-order valence-corrected chi connectivity index (χ2v) is 6.79. The van der Waals surface area contributed by atoms with Gasteiger partial charge in [0.15, 0.2) is 6.61 Å². The van der Waals surface area contributed by atoms with Crippen LogP contribution in [-0.4, -0.2) is 12.5 Å². The molecule has 0 aliphatic rings. The van der Waals surface area contributed by atoms with Gasteiger partial charge in [-0.15, -0.1) is 0 Å². The third-order valence-electron chi connectivity index (χ3n) is 4.09. The average molecular weight is 325 g/mol. The van der Waals surface area contributed by atoms with E-state index in [1.807, 2.05) is 36.4 Å². The Morgan fingerprint density at radius 1 is 1.00 bits per heavy atom. The van der Waals surface area contributed by atoms with E-state index in [1.54, 1.807) is 0 Å². The zero-order valence-corrected chi connectivity index (χ0v) is 15.2. The normalized spacial score (nSPS) is 11.0. The first-order valence-corrected chi connectivity index (χ1v) is 8.50. The van der Waals surface area contributed by atoms with E-state index in [4.69, 9.17) is 4.74 Å². The molecule has 0 atom stereocenters. The van der Waals surface area contributed by atoms with Crippen LogP contribution in [0.3, 0.4) is 0 Å². The van der Waals surface area contributed by atoms with Crippen LogP contribution in [0.2, 0.25) is 0 Å². The molecule has 0 aliphatic carbocycles. The first kappa shape index (κ1) is 18.1. The topological polar surface area (TPSA) is 38.3 Å². The van der Waals surface area contributed by atoms with E-state index < -0.39 is 0 Å². The molecule has 0 radical (unpaired) electrons. The Labute approximate surface area is 145 Å². The van der Waals surface area contributed by atoms with Crippen molar-refractivity contribution in [2.45, 2.75) is 46.5 Å². The third-order valence-corrected chi connectivity index (χ3v) is 4.09. The number of hydrogen-bond acceptors (Lipinski definition) is 2. The molecule has 0 fully saturated rings. The highest BCUT2D eigenvalue weighted by Crippen LogP contribution is 2.23. The maximum absolute atomic E-state index is 12.0. The Morgan fingerprint density at radius 2 is 1.67 bits per heavy atom. The van der Waals surface area contributed by atoms with Gasteiger partial charge >= 0.3 is 0 Å². The first-order chi connectivity index (χ1) is 11.4. The highest BCUT2D eigenvalue weighted by molar-refractivity contribution is 5.91. The molecule has 0 saturated heterocycles. The summed E-state index contributed by atoms with van der Waals surface area (Å²) in [7, 11) is 0. The van der Waals surface area contributed by atoms with Gasteiger partial charge in [0.2, 0.25) is 0 Å². The Kier molecular flexibility index (Phi) is 6.02. The quantitative estimate of drug-likeness (QED) is 0.787. The van der Waals surface area contributed by atoms with E-state index in [2.05, 4.69) is 46.0 Å². The fraction of sp³-hybridized carbons (Fsp3) is 0.381. The number of carbonyl (C=O) groups is 1. The van der Waals surface area contributed by atoms with Gasteiger partial charge in [0, 0.05) is 5.69 Å². The summed E-state index contributed by atoms with van der Waals surface area (Å²) in [6.45, 7) is 10.7. The lowest BCUT2D eigenvalue weighted by molar-refractivity contribution is -0.118. The Bertz CT molecular complexity index is 687. The molecule has 0 heterocycles. The number of anilines is 1. The maximum Gasteiger partial charge on any atom is 0.262 e. The van der Waals surface area contributed by atoms with Gasteiger partial charge in [0.1, 0.15) is 5.75 Å². The SMILES string of the molecule is Cc1cc(OCC(=O)Nc2ccc(C(C)C)cc2)ccc1C(C)C. The van der Waals surface area contributed by atoms with Gasteiger partial charge in [-0.2, -0.15) is 0 Å². The predicted octanol–water partition coefficient (Wildman–Crippen LogP) is 5.26. The Morgan fingerprint density at radius 3 is 2.21 bits per heavy atom. The molecule has 0 saturated carbocycles. The molecule has 24 heavy (non-hydrogen) atoms. The summed E-state index contributed by atoms with van der Waals surface area (Å²) in [5, 5.41) is 2.86. The molecule has 2 aromatic carbocycles. The number of hydrogen-bond donors (Lipinski definition) is 1. The minimum Gasteiger partial charge on any atom is -0.484 e. The summed E-state index contributed by atoms with van der Waals surface area (Å²) >= 11 is 0. The third kappa shape index (κ3) is 4.85. The van der Waals surface area contributed by atoms with Crippen molar-refractivity contribution in [1.82, 2.24) is 0 Å². The van der Waals surface area contributed by atoms with Gasteiger partial charge < -0.3 is 10.1 Å². The minimum absolute atomic E-state index is 0.00635. The summed E-state index contributed by atoms with van der Waals surface area (Å²) in [5.74, 6) is 1.53. The second kappa shape index (κ2) is 8.00.